The molecule has 0 bridgehead atoms. The van der Waals surface area contributed by atoms with E-state index < -0.39 is 10.0 Å². The van der Waals surface area contributed by atoms with Crippen LogP contribution in [0.5, 0.6) is 0 Å². The quantitative estimate of drug-likeness (QED) is 0.834. The summed E-state index contributed by atoms with van der Waals surface area (Å²) in [6, 6.07) is 5.10. The number of para-hydroxylation sites is 1. The van der Waals surface area contributed by atoms with Gasteiger partial charge in [0.15, 0.2) is 0 Å². The molecule has 1 fully saturated rings. The number of carbonyl (C=O) groups excluding carboxylic acids is 1. The Balaban J connectivity index is 2.00. The molecule has 24 heavy (non-hydrogen) atoms. The highest BCUT2D eigenvalue weighted by Gasteiger charge is 2.34. The van der Waals surface area contributed by atoms with Crippen LogP contribution in [-0.4, -0.2) is 57.9 Å². The van der Waals surface area contributed by atoms with Gasteiger partial charge in [-0.1, -0.05) is 18.2 Å². The van der Waals surface area contributed by atoms with Crippen molar-refractivity contribution >= 4 is 21.7 Å². The van der Waals surface area contributed by atoms with E-state index in [0.29, 0.717) is 13.2 Å². The lowest BCUT2D eigenvalue weighted by Crippen LogP contribution is -2.45. The summed E-state index contributed by atoms with van der Waals surface area (Å²) < 4.78 is 30.6. The molecular formula is C16H25N3O4S. The van der Waals surface area contributed by atoms with E-state index in [9.17, 15) is 13.2 Å². The number of urea groups is 1. The fourth-order valence-corrected chi connectivity index (χ4v) is 3.84. The number of nitrogens with zero attached hydrogens (tertiary/aromatic N) is 1. The summed E-state index contributed by atoms with van der Waals surface area (Å²) in [6.07, 6.45) is 0. The summed E-state index contributed by atoms with van der Waals surface area (Å²) in [7, 11) is -0.339. The molecule has 1 aromatic carbocycles. The molecule has 1 aliphatic rings. The summed E-state index contributed by atoms with van der Waals surface area (Å²) in [5.41, 5.74) is 2.71. The Hall–Kier alpha value is -1.64. The predicted octanol–water partition coefficient (Wildman–Crippen LogP) is 1.33. The third kappa shape index (κ3) is 4.46. The summed E-state index contributed by atoms with van der Waals surface area (Å²) >= 11 is 0. The lowest BCUT2D eigenvalue weighted by Gasteiger charge is -2.21. The van der Waals surface area contributed by atoms with E-state index in [1.807, 2.05) is 32.0 Å². The third-order valence-electron chi connectivity index (χ3n) is 4.22. The highest BCUT2D eigenvalue weighted by molar-refractivity contribution is 7.89. The molecule has 2 atom stereocenters. The van der Waals surface area contributed by atoms with E-state index in [0.717, 1.165) is 16.8 Å². The van der Waals surface area contributed by atoms with Gasteiger partial charge in [-0.05, 0) is 25.0 Å². The number of ether oxygens (including phenoxy) is 1. The SMILES string of the molecule is Cc1cccc(C)c1NC(=O)N[C@H]1COC[C@H]1CS(=O)(=O)N(C)C. The van der Waals surface area contributed by atoms with Crippen molar-refractivity contribution in [2.75, 3.05) is 38.4 Å². The summed E-state index contributed by atoms with van der Waals surface area (Å²) in [5, 5.41) is 5.68. The van der Waals surface area contributed by atoms with Crippen molar-refractivity contribution in [1.29, 1.82) is 0 Å². The van der Waals surface area contributed by atoms with E-state index in [1.54, 1.807) is 0 Å². The van der Waals surface area contributed by atoms with Crippen LogP contribution in [-0.2, 0) is 14.8 Å². The van der Waals surface area contributed by atoms with Gasteiger partial charge < -0.3 is 15.4 Å². The first kappa shape index (κ1) is 18.7. The van der Waals surface area contributed by atoms with Gasteiger partial charge in [0, 0.05) is 25.7 Å². The summed E-state index contributed by atoms with van der Waals surface area (Å²) in [4.78, 5) is 12.3. The van der Waals surface area contributed by atoms with Crippen molar-refractivity contribution in [2.45, 2.75) is 19.9 Å². The van der Waals surface area contributed by atoms with E-state index >= 15 is 0 Å². The second kappa shape index (κ2) is 7.50. The number of carbonyl (C=O) groups is 1. The first-order valence-electron chi connectivity index (χ1n) is 7.82. The lowest BCUT2D eigenvalue weighted by atomic mass is 10.1. The van der Waals surface area contributed by atoms with Crippen molar-refractivity contribution < 1.29 is 17.9 Å². The average molecular weight is 355 g/mol. The van der Waals surface area contributed by atoms with Gasteiger partial charge in [-0.3, -0.25) is 0 Å². The third-order valence-corrected chi connectivity index (χ3v) is 6.18. The minimum Gasteiger partial charge on any atom is -0.379 e. The van der Waals surface area contributed by atoms with Gasteiger partial charge >= 0.3 is 6.03 Å². The van der Waals surface area contributed by atoms with Crippen molar-refractivity contribution in [1.82, 2.24) is 9.62 Å². The van der Waals surface area contributed by atoms with Crippen LogP contribution in [0.2, 0.25) is 0 Å². The van der Waals surface area contributed by atoms with Gasteiger partial charge in [-0.2, -0.15) is 0 Å². The number of benzene rings is 1. The lowest BCUT2D eigenvalue weighted by molar-refractivity contribution is 0.184. The Morgan fingerprint density at radius 3 is 2.46 bits per heavy atom. The number of rotatable bonds is 5. The van der Waals surface area contributed by atoms with Crippen LogP contribution in [0.3, 0.4) is 0 Å². The number of aryl methyl sites for hydroxylation is 2. The highest BCUT2D eigenvalue weighted by atomic mass is 32.2. The second-order valence-electron chi connectivity index (χ2n) is 6.33. The number of anilines is 1. The molecule has 0 radical (unpaired) electrons. The smallest absolute Gasteiger partial charge is 0.319 e. The molecule has 2 N–H and O–H groups in total. The van der Waals surface area contributed by atoms with Crippen molar-refractivity contribution in [3.05, 3.63) is 29.3 Å². The Morgan fingerprint density at radius 2 is 1.88 bits per heavy atom. The van der Waals surface area contributed by atoms with E-state index in [-0.39, 0.29) is 23.7 Å². The number of hydrogen-bond acceptors (Lipinski definition) is 4. The minimum absolute atomic E-state index is 0.0473. The first-order valence-corrected chi connectivity index (χ1v) is 9.43. The van der Waals surface area contributed by atoms with Crippen LogP contribution < -0.4 is 10.6 Å². The molecule has 2 rings (SSSR count). The van der Waals surface area contributed by atoms with Crippen LogP contribution in [0, 0.1) is 19.8 Å². The maximum atomic E-state index is 12.3. The fourth-order valence-electron chi connectivity index (χ4n) is 2.67. The molecule has 0 aliphatic carbocycles. The van der Waals surface area contributed by atoms with Gasteiger partial charge in [0.2, 0.25) is 10.0 Å². The number of hydrogen-bond donors (Lipinski definition) is 2. The van der Waals surface area contributed by atoms with Crippen LogP contribution in [0.1, 0.15) is 11.1 Å². The van der Waals surface area contributed by atoms with Crippen LogP contribution >= 0.6 is 0 Å². The zero-order chi connectivity index (χ0) is 17.9. The van der Waals surface area contributed by atoms with Crippen molar-refractivity contribution in [2.24, 2.45) is 5.92 Å². The fraction of sp³-hybridized carbons (Fsp3) is 0.562. The molecule has 7 nitrogen and oxygen atoms in total. The molecule has 0 unspecified atom stereocenters. The van der Waals surface area contributed by atoms with Crippen molar-refractivity contribution in [3.8, 4) is 0 Å². The predicted molar refractivity (Wildman–Crippen MR) is 93.6 cm³/mol. The maximum Gasteiger partial charge on any atom is 0.319 e. The molecule has 0 spiro atoms. The Kier molecular flexibility index (Phi) is 5.84. The van der Waals surface area contributed by atoms with E-state index in [1.165, 1.54) is 18.4 Å². The van der Waals surface area contributed by atoms with E-state index in [2.05, 4.69) is 10.6 Å². The van der Waals surface area contributed by atoms with Gasteiger partial charge in [-0.25, -0.2) is 17.5 Å². The maximum absolute atomic E-state index is 12.3. The zero-order valence-electron chi connectivity index (χ0n) is 14.5. The minimum atomic E-state index is -3.34. The summed E-state index contributed by atoms with van der Waals surface area (Å²) in [6.45, 7) is 4.48. The summed E-state index contributed by atoms with van der Waals surface area (Å²) in [5.74, 6) is -0.310. The van der Waals surface area contributed by atoms with Gasteiger partial charge in [0.05, 0.1) is 25.0 Å². The van der Waals surface area contributed by atoms with Crippen molar-refractivity contribution in [3.63, 3.8) is 0 Å². The zero-order valence-corrected chi connectivity index (χ0v) is 15.3. The number of amides is 2. The monoisotopic (exact) mass is 355 g/mol. The van der Waals surface area contributed by atoms with Crippen LogP contribution in [0.25, 0.3) is 0 Å². The molecule has 2 amide bonds. The molecular weight excluding hydrogens is 330 g/mol. The molecule has 1 aromatic rings. The Bertz CT molecular complexity index is 683. The highest BCUT2D eigenvalue weighted by Crippen LogP contribution is 2.20. The standard InChI is InChI=1S/C16H25N3O4S/c1-11-6-5-7-12(2)15(11)18-16(20)17-14-9-23-8-13(14)10-24(21,22)19(3)4/h5-7,13-14H,8-10H2,1-4H3,(H2,17,18,20)/t13-,14-/m0/s1. The van der Waals surface area contributed by atoms with Crippen LogP contribution in [0.4, 0.5) is 10.5 Å². The average Bonchev–Trinajstić information content (AvgIpc) is 2.89. The number of nitrogens with one attached hydrogen (secondary N) is 2. The molecule has 1 heterocycles. The molecule has 8 heteroatoms. The Morgan fingerprint density at radius 1 is 1.25 bits per heavy atom. The van der Waals surface area contributed by atoms with Gasteiger partial charge in [-0.15, -0.1) is 0 Å². The largest absolute Gasteiger partial charge is 0.379 e. The van der Waals surface area contributed by atoms with Crippen LogP contribution in [0.15, 0.2) is 18.2 Å². The topological polar surface area (TPSA) is 87.7 Å². The normalized spacial score (nSPS) is 21.0. The second-order valence-corrected chi connectivity index (χ2v) is 8.56. The number of sulfonamides is 1. The molecule has 1 saturated heterocycles. The Labute approximate surface area is 143 Å². The molecule has 134 valence electrons. The van der Waals surface area contributed by atoms with Gasteiger partial charge in [0.1, 0.15) is 0 Å². The molecule has 1 aliphatic heterocycles. The van der Waals surface area contributed by atoms with E-state index in [4.69, 9.17) is 4.74 Å². The molecule has 0 saturated carbocycles. The molecule has 0 aromatic heterocycles. The first-order chi connectivity index (χ1) is 11.2. The van der Waals surface area contributed by atoms with Gasteiger partial charge in [0.25, 0.3) is 0 Å².